The van der Waals surface area contributed by atoms with Crippen LogP contribution in [0.15, 0.2) is 77.3 Å². The summed E-state index contributed by atoms with van der Waals surface area (Å²) < 4.78 is 5.35. The molecule has 38 heavy (non-hydrogen) atoms. The van der Waals surface area contributed by atoms with Crippen molar-refractivity contribution in [1.29, 1.82) is 0 Å². The van der Waals surface area contributed by atoms with Crippen LogP contribution in [0.25, 0.3) is 11.0 Å². The number of nitrogens with zero attached hydrogens (tertiary/aromatic N) is 3. The van der Waals surface area contributed by atoms with Crippen molar-refractivity contribution in [2.24, 2.45) is 5.92 Å². The van der Waals surface area contributed by atoms with Crippen molar-refractivity contribution in [3.8, 4) is 0 Å². The van der Waals surface area contributed by atoms with Gasteiger partial charge in [-0.15, -0.1) is 0 Å². The number of hydrogen-bond donors (Lipinski definition) is 1. The molecule has 3 aromatic carbocycles. The van der Waals surface area contributed by atoms with Crippen LogP contribution in [0, 0.1) is 5.92 Å². The Kier molecular flexibility index (Phi) is 6.85. The molecule has 0 unspecified atom stereocenters. The molecule has 0 atom stereocenters. The van der Waals surface area contributed by atoms with Crippen LogP contribution in [0.4, 0.5) is 11.4 Å². The smallest absolute Gasteiger partial charge is 0.278 e. The lowest BCUT2D eigenvalue weighted by molar-refractivity contribution is 0.0299. The molecule has 0 bridgehead atoms. The molecule has 1 amide bonds. The second-order valence-electron chi connectivity index (χ2n) is 10.7. The summed E-state index contributed by atoms with van der Waals surface area (Å²) in [6, 6.07) is 24.3. The van der Waals surface area contributed by atoms with Crippen LogP contribution in [0.5, 0.6) is 0 Å². The summed E-state index contributed by atoms with van der Waals surface area (Å²) in [5.41, 5.74) is 4.11. The van der Waals surface area contributed by atoms with E-state index in [1.165, 1.54) is 24.1 Å². The van der Waals surface area contributed by atoms with Crippen LogP contribution in [-0.4, -0.2) is 42.1 Å². The van der Waals surface area contributed by atoms with Gasteiger partial charge >= 0.3 is 0 Å². The number of hydrogen-bond acceptors (Lipinski definition) is 5. The minimum atomic E-state index is -0.300. The fourth-order valence-electron chi connectivity index (χ4n) is 6.21. The van der Waals surface area contributed by atoms with Crippen LogP contribution in [0.1, 0.15) is 48.7 Å². The maximum absolute atomic E-state index is 13.2. The van der Waals surface area contributed by atoms with E-state index in [0.717, 1.165) is 50.6 Å². The van der Waals surface area contributed by atoms with Crippen LogP contribution in [0.3, 0.4) is 0 Å². The molecule has 2 heterocycles. The first-order chi connectivity index (χ1) is 18.5. The van der Waals surface area contributed by atoms with Gasteiger partial charge in [-0.05, 0) is 79.6 Å². The lowest BCUT2D eigenvalue weighted by Crippen LogP contribution is -2.56. The first kappa shape index (κ1) is 25.0. The number of anilines is 2. The van der Waals surface area contributed by atoms with Gasteiger partial charge < -0.3 is 14.7 Å². The number of rotatable bonds is 5. The summed E-state index contributed by atoms with van der Waals surface area (Å²) >= 11 is 6.15. The highest BCUT2D eigenvalue weighted by molar-refractivity contribution is 6.31. The number of amides is 1. The third kappa shape index (κ3) is 4.79. The van der Waals surface area contributed by atoms with Crippen molar-refractivity contribution in [3.63, 3.8) is 0 Å². The first-order valence-corrected chi connectivity index (χ1v) is 13.9. The van der Waals surface area contributed by atoms with Crippen molar-refractivity contribution >= 4 is 39.9 Å². The molecule has 2 aliphatic rings. The number of halogens is 1. The van der Waals surface area contributed by atoms with Crippen molar-refractivity contribution in [2.75, 3.05) is 36.4 Å². The van der Waals surface area contributed by atoms with Crippen LogP contribution >= 0.6 is 11.6 Å². The van der Waals surface area contributed by atoms with Gasteiger partial charge in [0.05, 0.1) is 5.39 Å². The number of piperazine rings is 1. The zero-order chi connectivity index (χ0) is 26.1. The van der Waals surface area contributed by atoms with E-state index in [2.05, 4.69) is 75.7 Å². The van der Waals surface area contributed by atoms with E-state index in [4.69, 9.17) is 16.1 Å². The lowest BCUT2D eigenvalue weighted by Gasteiger charge is -2.51. The van der Waals surface area contributed by atoms with Gasteiger partial charge in [0.2, 0.25) is 0 Å². The quantitative estimate of drug-likeness (QED) is 0.303. The Labute approximate surface area is 228 Å². The van der Waals surface area contributed by atoms with Crippen LogP contribution < -0.4 is 10.2 Å². The average molecular weight is 529 g/mol. The molecule has 6 nitrogen and oxygen atoms in total. The molecule has 0 spiro atoms. The number of para-hydroxylation sites is 1. The van der Waals surface area contributed by atoms with Crippen molar-refractivity contribution < 1.29 is 9.32 Å². The maximum atomic E-state index is 13.2. The van der Waals surface area contributed by atoms with Gasteiger partial charge in [-0.1, -0.05) is 54.0 Å². The van der Waals surface area contributed by atoms with Crippen molar-refractivity contribution in [1.82, 2.24) is 10.1 Å². The average Bonchev–Trinajstić information content (AvgIpc) is 3.38. The summed E-state index contributed by atoms with van der Waals surface area (Å²) in [6.07, 6.45) is 4.68. The molecule has 196 valence electrons. The van der Waals surface area contributed by atoms with Gasteiger partial charge in [0, 0.05) is 48.1 Å². The molecule has 2 fully saturated rings. The van der Waals surface area contributed by atoms with E-state index in [1.807, 2.05) is 6.07 Å². The summed E-state index contributed by atoms with van der Waals surface area (Å²) in [7, 11) is 0. The van der Waals surface area contributed by atoms with Gasteiger partial charge in [-0.25, -0.2) is 0 Å². The topological polar surface area (TPSA) is 61.6 Å². The Morgan fingerprint density at radius 3 is 2.50 bits per heavy atom. The molecule has 4 aromatic rings. The second kappa shape index (κ2) is 10.4. The fourth-order valence-corrected chi connectivity index (χ4v) is 6.38. The predicted octanol–water partition coefficient (Wildman–Crippen LogP) is 6.96. The molecule has 1 aliphatic heterocycles. The molecule has 1 aliphatic carbocycles. The van der Waals surface area contributed by atoms with E-state index < -0.39 is 0 Å². The molecule has 0 radical (unpaired) electrons. The number of benzene rings is 3. The monoisotopic (exact) mass is 528 g/mol. The van der Waals surface area contributed by atoms with E-state index >= 15 is 0 Å². The molecule has 7 heteroatoms. The van der Waals surface area contributed by atoms with Crippen LogP contribution in [0.2, 0.25) is 5.02 Å². The maximum Gasteiger partial charge on any atom is 0.278 e. The zero-order valence-corrected chi connectivity index (χ0v) is 22.5. The Bertz CT molecular complexity index is 1420. The number of carbonyl (C=O) groups excluding carboxylic acids is 1. The fraction of sp³-hybridized carbons (Fsp3) is 0.355. The summed E-state index contributed by atoms with van der Waals surface area (Å²) in [6.45, 7) is 6.43. The van der Waals surface area contributed by atoms with Crippen molar-refractivity contribution in [3.05, 3.63) is 89.1 Å². The summed E-state index contributed by atoms with van der Waals surface area (Å²) in [5, 5.41) is 8.23. The standard InChI is InChI=1S/C31H33ClN4O2/c1-22-12-14-31(15-13-22,36-18-16-35(17-19-36)26-8-3-2-4-9-26)23-6-5-7-25(20-23)33-30(37)29-27-21-24(32)10-11-28(27)38-34-29/h2-11,20-22H,12-19H2,1H3,(H,33,37). The molecule has 1 N–H and O–H groups in total. The number of carbonyl (C=O) groups is 1. The lowest BCUT2D eigenvalue weighted by atomic mass is 9.71. The summed E-state index contributed by atoms with van der Waals surface area (Å²) in [4.78, 5) is 18.4. The molecule has 6 rings (SSSR count). The highest BCUT2D eigenvalue weighted by Gasteiger charge is 2.42. The van der Waals surface area contributed by atoms with E-state index in [-0.39, 0.29) is 17.1 Å². The molecular formula is C31H33ClN4O2. The molecule has 1 aromatic heterocycles. The Morgan fingerprint density at radius 2 is 1.74 bits per heavy atom. The second-order valence-corrected chi connectivity index (χ2v) is 11.2. The minimum absolute atomic E-state index is 0.0237. The molecular weight excluding hydrogens is 496 g/mol. The number of fused-ring (bicyclic) bond motifs is 1. The van der Waals surface area contributed by atoms with Gasteiger partial charge in [-0.3, -0.25) is 9.69 Å². The predicted molar refractivity (Wildman–Crippen MR) is 153 cm³/mol. The molecule has 1 saturated carbocycles. The van der Waals surface area contributed by atoms with Gasteiger partial charge in [0.1, 0.15) is 0 Å². The Hall–Kier alpha value is -3.35. The normalized spacial score (nSPS) is 22.5. The largest absolute Gasteiger partial charge is 0.369 e. The van der Waals surface area contributed by atoms with Crippen molar-refractivity contribution in [2.45, 2.75) is 38.1 Å². The van der Waals surface area contributed by atoms with Gasteiger partial charge in [0.15, 0.2) is 11.3 Å². The Balaban J connectivity index is 1.25. The third-order valence-corrected chi connectivity index (χ3v) is 8.65. The van der Waals surface area contributed by atoms with E-state index in [9.17, 15) is 4.79 Å². The van der Waals surface area contributed by atoms with E-state index in [1.54, 1.807) is 18.2 Å². The molecule has 1 saturated heterocycles. The Morgan fingerprint density at radius 1 is 0.974 bits per heavy atom. The first-order valence-electron chi connectivity index (χ1n) is 13.5. The van der Waals surface area contributed by atoms with Gasteiger partial charge in [-0.2, -0.15) is 0 Å². The van der Waals surface area contributed by atoms with Gasteiger partial charge in [0.25, 0.3) is 5.91 Å². The minimum Gasteiger partial charge on any atom is -0.369 e. The number of aromatic nitrogens is 1. The highest BCUT2D eigenvalue weighted by Crippen LogP contribution is 2.45. The third-order valence-electron chi connectivity index (χ3n) is 8.41. The van der Waals surface area contributed by atoms with E-state index in [0.29, 0.717) is 16.0 Å². The zero-order valence-electron chi connectivity index (χ0n) is 21.7. The highest BCUT2D eigenvalue weighted by atomic mass is 35.5. The number of nitrogens with one attached hydrogen (secondary N) is 1. The SMILES string of the molecule is CC1CCC(c2cccc(NC(=O)c3noc4ccc(Cl)cc34)c2)(N2CCN(c3ccccc3)CC2)CC1. The van der Waals surface area contributed by atoms with Crippen LogP contribution in [-0.2, 0) is 5.54 Å². The summed E-state index contributed by atoms with van der Waals surface area (Å²) in [5.74, 6) is 0.440.